The van der Waals surface area contributed by atoms with E-state index in [-0.39, 0.29) is 10.7 Å². The first kappa shape index (κ1) is 17.0. The molecule has 0 saturated heterocycles. The lowest BCUT2D eigenvalue weighted by molar-refractivity contribution is 0.0606. The fraction of sp³-hybridized carbons (Fsp3) is 0.100. The molecule has 0 aliphatic rings. The van der Waals surface area contributed by atoms with Crippen molar-refractivity contribution in [2.24, 2.45) is 0 Å². The molecule has 0 saturated carbocycles. The number of rotatable bonds is 4. The summed E-state index contributed by atoms with van der Waals surface area (Å²) in [5, 5.41) is -0.418. The summed E-state index contributed by atoms with van der Waals surface area (Å²) in [7, 11) is 1.27. The molecule has 5 heteroatoms. The number of benzene rings is 2. The van der Waals surface area contributed by atoms with Gasteiger partial charge in [-0.1, -0.05) is 59.9 Å². The molecule has 2 aromatic carbocycles. The van der Waals surface area contributed by atoms with Crippen molar-refractivity contribution in [2.45, 2.75) is 6.92 Å². The molecule has 0 fully saturated rings. The van der Waals surface area contributed by atoms with E-state index in [0.717, 1.165) is 22.5 Å². The third-order valence-electron chi connectivity index (χ3n) is 3.89. The van der Waals surface area contributed by atoms with Crippen molar-refractivity contribution in [1.82, 2.24) is 0 Å². The summed E-state index contributed by atoms with van der Waals surface area (Å²) in [4.78, 5) is 23.1. The van der Waals surface area contributed by atoms with Gasteiger partial charge in [-0.05, 0) is 29.7 Å². The fourth-order valence-electron chi connectivity index (χ4n) is 2.51. The molecule has 1 aromatic heterocycles. The van der Waals surface area contributed by atoms with Crippen LogP contribution in [0.15, 0.2) is 54.6 Å². The Hall–Kier alpha value is -2.79. The molecule has 0 spiro atoms. The van der Waals surface area contributed by atoms with Crippen LogP contribution in [0, 0.1) is 5.13 Å². The molecule has 0 unspecified atom stereocenters. The number of hydrogen-bond acceptors (Lipinski definition) is 4. The van der Waals surface area contributed by atoms with Gasteiger partial charge in [-0.25, -0.2) is 4.79 Å². The van der Waals surface area contributed by atoms with Gasteiger partial charge in [0.1, 0.15) is 4.88 Å². The Morgan fingerprint density at radius 2 is 1.44 bits per heavy atom. The number of ketones is 1. The summed E-state index contributed by atoms with van der Waals surface area (Å²) >= 11 is 0.774. The molecule has 0 radical (unpaired) electrons. The van der Waals surface area contributed by atoms with E-state index in [0.29, 0.717) is 16.7 Å². The molecule has 0 atom stereocenters. The maximum atomic E-state index is 14.1. The zero-order chi connectivity index (χ0) is 18.0. The van der Waals surface area contributed by atoms with Gasteiger partial charge in [0.2, 0.25) is 0 Å². The zero-order valence-corrected chi connectivity index (χ0v) is 14.5. The van der Waals surface area contributed by atoms with Crippen LogP contribution in [0.1, 0.15) is 27.0 Å². The highest BCUT2D eigenvalue weighted by molar-refractivity contribution is 7.12. The molecule has 0 amide bonds. The highest BCUT2D eigenvalue weighted by atomic mass is 32.1. The average Bonchev–Trinajstić information content (AvgIpc) is 3.03. The van der Waals surface area contributed by atoms with Crippen LogP contribution in [0.2, 0.25) is 0 Å². The van der Waals surface area contributed by atoms with Crippen LogP contribution in [0.5, 0.6) is 0 Å². The first-order valence-corrected chi connectivity index (χ1v) is 8.40. The molecular formula is C20H15FO3S. The monoisotopic (exact) mass is 354 g/mol. The van der Waals surface area contributed by atoms with Gasteiger partial charge >= 0.3 is 5.97 Å². The highest BCUT2D eigenvalue weighted by Gasteiger charge is 2.16. The van der Waals surface area contributed by atoms with E-state index in [9.17, 15) is 14.0 Å². The molecule has 0 bridgehead atoms. The normalized spacial score (nSPS) is 10.5. The molecule has 3 aromatic rings. The van der Waals surface area contributed by atoms with Gasteiger partial charge in [0.05, 0.1) is 7.11 Å². The van der Waals surface area contributed by atoms with Crippen molar-refractivity contribution in [2.75, 3.05) is 7.11 Å². The number of hydrogen-bond donors (Lipinski definition) is 0. The predicted molar refractivity (Wildman–Crippen MR) is 96.5 cm³/mol. The Bertz CT molecular complexity index is 925. The lowest BCUT2D eigenvalue weighted by Crippen LogP contribution is -1.96. The van der Waals surface area contributed by atoms with Gasteiger partial charge in [0.15, 0.2) is 10.9 Å². The van der Waals surface area contributed by atoms with Gasteiger partial charge in [0, 0.05) is 11.1 Å². The topological polar surface area (TPSA) is 43.4 Å². The molecule has 3 rings (SSSR count). The standard InChI is InChI=1S/C20H15FO3S/c1-12(22)13-3-5-14(6-4-13)15-7-9-16(10-8-15)17-11-18(20(23)24-2)25-19(17)21/h3-11H,1-2H3. The second-order valence-electron chi connectivity index (χ2n) is 5.50. The third kappa shape index (κ3) is 3.51. The Labute approximate surface area is 148 Å². The molecule has 0 aliphatic heterocycles. The van der Waals surface area contributed by atoms with E-state index >= 15 is 0 Å². The number of esters is 1. The maximum absolute atomic E-state index is 14.1. The number of methoxy groups -OCH3 is 1. The quantitative estimate of drug-likeness (QED) is 0.477. The summed E-state index contributed by atoms with van der Waals surface area (Å²) in [6.07, 6.45) is 0. The minimum Gasteiger partial charge on any atom is -0.465 e. The number of carbonyl (C=O) groups is 2. The smallest absolute Gasteiger partial charge is 0.348 e. The van der Waals surface area contributed by atoms with Crippen LogP contribution in [-0.2, 0) is 4.74 Å². The van der Waals surface area contributed by atoms with E-state index in [2.05, 4.69) is 4.74 Å². The van der Waals surface area contributed by atoms with E-state index in [1.807, 2.05) is 24.3 Å². The number of carbonyl (C=O) groups excluding carboxylic acids is 2. The van der Waals surface area contributed by atoms with Gasteiger partial charge in [0.25, 0.3) is 0 Å². The lowest BCUT2D eigenvalue weighted by atomic mass is 10.00. The number of Topliss-reactive ketones (excluding diaryl/α,β-unsaturated/α-hetero) is 1. The van der Waals surface area contributed by atoms with Gasteiger partial charge in [-0.15, -0.1) is 0 Å². The van der Waals surface area contributed by atoms with Crippen molar-refractivity contribution in [1.29, 1.82) is 0 Å². The van der Waals surface area contributed by atoms with Crippen molar-refractivity contribution in [3.8, 4) is 22.3 Å². The molecule has 3 nitrogen and oxygen atoms in total. The summed E-state index contributed by atoms with van der Waals surface area (Å²) in [6, 6.07) is 16.2. The summed E-state index contributed by atoms with van der Waals surface area (Å²) in [5.41, 5.74) is 3.66. The van der Waals surface area contributed by atoms with Crippen molar-refractivity contribution < 1.29 is 18.7 Å². The maximum Gasteiger partial charge on any atom is 0.348 e. The van der Waals surface area contributed by atoms with Crippen molar-refractivity contribution >= 4 is 23.1 Å². The van der Waals surface area contributed by atoms with Crippen LogP contribution < -0.4 is 0 Å². The molecule has 1 heterocycles. The number of thiophene rings is 1. The van der Waals surface area contributed by atoms with Gasteiger partial charge < -0.3 is 4.74 Å². The molecular weight excluding hydrogens is 339 g/mol. The SMILES string of the molecule is COC(=O)c1cc(-c2ccc(-c3ccc(C(C)=O)cc3)cc2)c(F)s1. The fourth-order valence-corrected chi connectivity index (χ4v) is 3.33. The highest BCUT2D eigenvalue weighted by Crippen LogP contribution is 2.32. The largest absolute Gasteiger partial charge is 0.465 e. The Morgan fingerprint density at radius 3 is 1.96 bits per heavy atom. The number of ether oxygens (including phenoxy) is 1. The molecule has 0 aliphatic carbocycles. The second kappa shape index (κ2) is 6.99. The van der Waals surface area contributed by atoms with E-state index in [1.165, 1.54) is 20.1 Å². The minimum absolute atomic E-state index is 0.0243. The van der Waals surface area contributed by atoms with Crippen LogP contribution >= 0.6 is 11.3 Å². The molecule has 126 valence electrons. The average molecular weight is 354 g/mol. The number of halogens is 1. The van der Waals surface area contributed by atoms with Gasteiger partial charge in [-0.2, -0.15) is 4.39 Å². The van der Waals surface area contributed by atoms with Crippen LogP contribution in [-0.4, -0.2) is 18.9 Å². The molecule has 25 heavy (non-hydrogen) atoms. The summed E-state index contributed by atoms with van der Waals surface area (Å²) < 4.78 is 18.7. The van der Waals surface area contributed by atoms with E-state index in [1.54, 1.807) is 24.3 Å². The van der Waals surface area contributed by atoms with Crippen molar-refractivity contribution in [3.63, 3.8) is 0 Å². The predicted octanol–water partition coefficient (Wildman–Crippen LogP) is 5.21. The first-order valence-electron chi connectivity index (χ1n) is 7.59. The lowest BCUT2D eigenvalue weighted by Gasteiger charge is -2.05. The van der Waals surface area contributed by atoms with Crippen LogP contribution in [0.25, 0.3) is 22.3 Å². The van der Waals surface area contributed by atoms with Crippen LogP contribution in [0.4, 0.5) is 4.39 Å². The summed E-state index contributed by atoms with van der Waals surface area (Å²) in [6.45, 7) is 1.53. The first-order chi connectivity index (χ1) is 12.0. The Kier molecular flexibility index (Phi) is 4.76. The molecule has 0 N–H and O–H groups in total. The van der Waals surface area contributed by atoms with E-state index in [4.69, 9.17) is 0 Å². The van der Waals surface area contributed by atoms with E-state index < -0.39 is 11.1 Å². The Balaban J connectivity index is 1.88. The van der Waals surface area contributed by atoms with Gasteiger partial charge in [-0.3, -0.25) is 4.79 Å². The zero-order valence-electron chi connectivity index (χ0n) is 13.7. The Morgan fingerprint density at radius 1 is 0.920 bits per heavy atom. The van der Waals surface area contributed by atoms with Crippen LogP contribution in [0.3, 0.4) is 0 Å². The van der Waals surface area contributed by atoms with Crippen molar-refractivity contribution in [3.05, 3.63) is 70.2 Å². The third-order valence-corrected chi connectivity index (χ3v) is 4.80. The minimum atomic E-state index is -0.544. The summed E-state index contributed by atoms with van der Waals surface area (Å²) in [5.74, 6) is -0.520. The second-order valence-corrected chi connectivity index (χ2v) is 6.50.